The molecule has 0 aliphatic heterocycles. The van der Waals surface area contributed by atoms with Gasteiger partial charge in [-0.15, -0.1) is 0 Å². The summed E-state index contributed by atoms with van der Waals surface area (Å²) >= 11 is 0. The van der Waals surface area contributed by atoms with Crippen molar-refractivity contribution in [3.8, 4) is 17.1 Å². The fourth-order valence-corrected chi connectivity index (χ4v) is 3.10. The first-order chi connectivity index (χ1) is 14.1. The fourth-order valence-electron chi connectivity index (χ4n) is 3.10. The van der Waals surface area contributed by atoms with Gasteiger partial charge < -0.3 is 14.2 Å². The lowest BCUT2D eigenvalue weighted by atomic mass is 9.87. The lowest BCUT2D eigenvalue weighted by molar-refractivity contribution is -0.137. The van der Waals surface area contributed by atoms with Gasteiger partial charge in [-0.3, -0.25) is 4.79 Å². The number of carbonyl (C=O) groups is 1. The van der Waals surface area contributed by atoms with E-state index in [9.17, 15) is 4.79 Å². The van der Waals surface area contributed by atoms with Crippen molar-refractivity contribution in [2.24, 2.45) is 0 Å². The Morgan fingerprint density at radius 1 is 1.17 bits per heavy atom. The van der Waals surface area contributed by atoms with Crippen LogP contribution in [0.4, 0.5) is 0 Å². The Morgan fingerprint density at radius 2 is 1.87 bits per heavy atom. The zero-order chi connectivity index (χ0) is 21.9. The molecule has 2 aromatic carbocycles. The number of carbonyl (C=O) groups excluding carboxylic acids is 1. The van der Waals surface area contributed by atoms with Crippen molar-refractivity contribution in [2.45, 2.75) is 52.7 Å². The highest BCUT2D eigenvalue weighted by Gasteiger charge is 2.22. The number of rotatable bonds is 6. The van der Waals surface area contributed by atoms with Gasteiger partial charge in [-0.2, -0.15) is 4.98 Å². The molecule has 0 bridgehead atoms. The second-order valence-corrected chi connectivity index (χ2v) is 8.61. The van der Waals surface area contributed by atoms with Crippen LogP contribution in [-0.4, -0.2) is 34.1 Å². The average molecular weight is 408 g/mol. The summed E-state index contributed by atoms with van der Waals surface area (Å²) in [5, 5.41) is 4.03. The molecule has 0 aliphatic carbocycles. The lowest BCUT2D eigenvalue weighted by Gasteiger charge is -2.22. The molecule has 6 nitrogen and oxygen atoms in total. The smallest absolute Gasteiger partial charge is 0.263 e. The second-order valence-electron chi connectivity index (χ2n) is 8.61. The van der Waals surface area contributed by atoms with Crippen molar-refractivity contribution in [1.29, 1.82) is 0 Å². The van der Waals surface area contributed by atoms with Crippen LogP contribution in [0.25, 0.3) is 11.4 Å². The zero-order valence-corrected chi connectivity index (χ0v) is 18.5. The van der Waals surface area contributed by atoms with Crippen molar-refractivity contribution in [2.75, 3.05) is 7.05 Å². The van der Waals surface area contributed by atoms with Gasteiger partial charge in [-0.05, 0) is 43.0 Å². The van der Waals surface area contributed by atoms with Gasteiger partial charge in [0.1, 0.15) is 5.75 Å². The quantitative estimate of drug-likeness (QED) is 0.589. The van der Waals surface area contributed by atoms with Gasteiger partial charge in [0.2, 0.25) is 11.7 Å². The summed E-state index contributed by atoms with van der Waals surface area (Å²) in [5.74, 6) is 1.39. The molecule has 0 radical (unpaired) electrons. The summed E-state index contributed by atoms with van der Waals surface area (Å²) in [6.45, 7) is 10.4. The molecule has 3 rings (SSSR count). The molecule has 0 saturated carbocycles. The first-order valence-electron chi connectivity index (χ1n) is 10.1. The van der Waals surface area contributed by atoms with E-state index in [1.807, 2.05) is 55.5 Å². The number of nitrogens with zero attached hydrogens (tertiary/aromatic N) is 3. The minimum Gasteiger partial charge on any atom is -0.481 e. The summed E-state index contributed by atoms with van der Waals surface area (Å²) in [5.41, 5.74) is 3.29. The summed E-state index contributed by atoms with van der Waals surface area (Å²) in [7, 11) is 1.70. The maximum Gasteiger partial charge on any atom is 0.263 e. The van der Waals surface area contributed by atoms with Crippen LogP contribution >= 0.6 is 0 Å². The van der Waals surface area contributed by atoms with Crippen LogP contribution in [-0.2, 0) is 16.8 Å². The first-order valence-corrected chi connectivity index (χ1v) is 10.1. The number of hydrogen-bond donors (Lipinski definition) is 0. The Bertz CT molecular complexity index is 1000. The van der Waals surface area contributed by atoms with Gasteiger partial charge in [0.05, 0.1) is 6.54 Å². The molecule has 0 N–H and O–H groups in total. The Balaban J connectivity index is 1.60. The summed E-state index contributed by atoms with van der Waals surface area (Å²) in [6.07, 6.45) is -0.630. The number of likely N-dealkylation sites (N-methyl/N-ethyl adjacent to an activating group) is 1. The zero-order valence-electron chi connectivity index (χ0n) is 18.5. The largest absolute Gasteiger partial charge is 0.481 e. The molecule has 30 heavy (non-hydrogen) atoms. The van der Waals surface area contributed by atoms with Gasteiger partial charge >= 0.3 is 0 Å². The minimum absolute atomic E-state index is 0.0710. The first kappa shape index (κ1) is 21.6. The van der Waals surface area contributed by atoms with Crippen molar-refractivity contribution in [1.82, 2.24) is 15.0 Å². The molecular formula is C24H29N3O3. The number of aromatic nitrogens is 2. The standard InChI is InChI=1S/C24H29N3O3/c1-16-8-7-9-18(14-16)22-25-21(30-26-22)15-27(6)23(28)17(2)29-20-12-10-19(11-13-20)24(3,4)5/h7-14,17H,15H2,1-6H3/t17-/m0/s1. The van der Waals surface area contributed by atoms with Gasteiger partial charge in [0, 0.05) is 12.6 Å². The van der Waals surface area contributed by atoms with E-state index in [1.54, 1.807) is 14.0 Å². The van der Waals surface area contributed by atoms with Crippen LogP contribution in [0.2, 0.25) is 0 Å². The van der Waals surface area contributed by atoms with Crippen LogP contribution in [0.5, 0.6) is 5.75 Å². The van der Waals surface area contributed by atoms with Crippen LogP contribution in [0.1, 0.15) is 44.7 Å². The summed E-state index contributed by atoms with van der Waals surface area (Å²) in [6, 6.07) is 15.7. The predicted molar refractivity (Wildman–Crippen MR) is 116 cm³/mol. The molecule has 0 fully saturated rings. The number of ether oxygens (including phenoxy) is 1. The van der Waals surface area contributed by atoms with E-state index in [1.165, 1.54) is 10.5 Å². The molecule has 1 amide bonds. The highest BCUT2D eigenvalue weighted by molar-refractivity contribution is 5.80. The molecule has 0 unspecified atom stereocenters. The van der Waals surface area contributed by atoms with Gasteiger partial charge in [0.25, 0.3) is 5.91 Å². The highest BCUT2D eigenvalue weighted by atomic mass is 16.5. The lowest BCUT2D eigenvalue weighted by Crippen LogP contribution is -2.37. The average Bonchev–Trinajstić information content (AvgIpc) is 3.15. The third-order valence-electron chi connectivity index (χ3n) is 4.87. The van der Waals surface area contributed by atoms with Crippen LogP contribution in [0.3, 0.4) is 0 Å². The van der Waals surface area contributed by atoms with Crippen molar-refractivity contribution in [3.63, 3.8) is 0 Å². The molecule has 158 valence electrons. The normalized spacial score (nSPS) is 12.5. The number of amides is 1. The summed E-state index contributed by atoms with van der Waals surface area (Å²) in [4.78, 5) is 18.6. The molecule has 0 saturated heterocycles. The maximum absolute atomic E-state index is 12.7. The van der Waals surface area contributed by atoms with Gasteiger partial charge in [0.15, 0.2) is 6.10 Å². The molecule has 1 atom stereocenters. The molecule has 6 heteroatoms. The van der Waals surface area contributed by atoms with Crippen molar-refractivity contribution >= 4 is 5.91 Å². The molecule has 1 heterocycles. The van der Waals surface area contributed by atoms with E-state index in [2.05, 4.69) is 30.9 Å². The van der Waals surface area contributed by atoms with E-state index in [4.69, 9.17) is 9.26 Å². The highest BCUT2D eigenvalue weighted by Crippen LogP contribution is 2.25. The molecule has 1 aromatic heterocycles. The SMILES string of the molecule is Cc1cccc(-c2noc(CN(C)C(=O)[C@H](C)Oc3ccc(C(C)(C)C)cc3)n2)c1. The monoisotopic (exact) mass is 407 g/mol. The van der Waals surface area contributed by atoms with Crippen LogP contribution < -0.4 is 4.74 Å². The van der Waals surface area contributed by atoms with E-state index >= 15 is 0 Å². The third kappa shape index (κ3) is 5.26. The van der Waals surface area contributed by atoms with E-state index in [-0.39, 0.29) is 17.9 Å². The summed E-state index contributed by atoms with van der Waals surface area (Å²) < 4.78 is 11.2. The topological polar surface area (TPSA) is 68.5 Å². The fraction of sp³-hybridized carbons (Fsp3) is 0.375. The van der Waals surface area contributed by atoms with E-state index in [0.717, 1.165) is 11.1 Å². The number of aryl methyl sites for hydroxylation is 1. The molecule has 3 aromatic rings. The Hall–Kier alpha value is -3.15. The van der Waals surface area contributed by atoms with Gasteiger partial charge in [-0.1, -0.05) is 61.8 Å². The van der Waals surface area contributed by atoms with Crippen molar-refractivity contribution < 1.29 is 14.1 Å². The number of hydrogen-bond acceptors (Lipinski definition) is 5. The van der Waals surface area contributed by atoms with E-state index < -0.39 is 6.10 Å². The maximum atomic E-state index is 12.7. The minimum atomic E-state index is -0.630. The van der Waals surface area contributed by atoms with Gasteiger partial charge in [-0.25, -0.2) is 0 Å². The van der Waals surface area contributed by atoms with Crippen LogP contribution in [0, 0.1) is 6.92 Å². The molecule has 0 spiro atoms. The Morgan fingerprint density at radius 3 is 2.50 bits per heavy atom. The Kier molecular flexibility index (Phi) is 6.25. The number of benzene rings is 2. The molecular weight excluding hydrogens is 378 g/mol. The van der Waals surface area contributed by atoms with Crippen LogP contribution in [0.15, 0.2) is 53.1 Å². The van der Waals surface area contributed by atoms with E-state index in [0.29, 0.717) is 17.5 Å². The van der Waals surface area contributed by atoms with Crippen molar-refractivity contribution in [3.05, 3.63) is 65.5 Å². The molecule has 0 aliphatic rings. The second kappa shape index (κ2) is 8.69. The Labute approximate surface area is 177 Å². The third-order valence-corrected chi connectivity index (χ3v) is 4.87. The predicted octanol–water partition coefficient (Wildman–Crippen LogP) is 4.77.